The molecule has 1 amide bonds. The Morgan fingerprint density at radius 3 is 3.00 bits per heavy atom. The summed E-state index contributed by atoms with van der Waals surface area (Å²) in [5, 5.41) is 11.0. The third-order valence-electron chi connectivity index (χ3n) is 2.95. The monoisotopic (exact) mass is 353 g/mol. The van der Waals surface area contributed by atoms with E-state index >= 15 is 0 Å². The van der Waals surface area contributed by atoms with Gasteiger partial charge in [0, 0.05) is 17.1 Å². The second-order valence-electron chi connectivity index (χ2n) is 4.67. The summed E-state index contributed by atoms with van der Waals surface area (Å²) in [4.78, 5) is 11.6. The van der Waals surface area contributed by atoms with E-state index in [1.54, 1.807) is 0 Å². The van der Waals surface area contributed by atoms with E-state index in [0.29, 0.717) is 25.1 Å². The number of halogens is 1. The maximum atomic E-state index is 11.6. The predicted octanol–water partition coefficient (Wildman–Crippen LogP) is 2.14. The molecule has 3 N–H and O–H groups in total. The standard InChI is InChI=1S/C15H20BrN3O2/c1-2-13(18)9-11-8-12(16)4-5-14(11)21-10-15(20)19-7-3-6-17/h4-5,8,13H,2-3,7,9-10,18H2,1H3,(H,19,20). The van der Waals surface area contributed by atoms with Gasteiger partial charge < -0.3 is 15.8 Å². The van der Waals surface area contributed by atoms with Crippen molar-refractivity contribution in [1.82, 2.24) is 5.32 Å². The van der Waals surface area contributed by atoms with Gasteiger partial charge in [-0.2, -0.15) is 5.26 Å². The Morgan fingerprint density at radius 2 is 2.33 bits per heavy atom. The molecule has 0 saturated carbocycles. The summed E-state index contributed by atoms with van der Waals surface area (Å²) < 4.78 is 6.51. The lowest BCUT2D eigenvalue weighted by Gasteiger charge is -2.14. The summed E-state index contributed by atoms with van der Waals surface area (Å²) in [6.45, 7) is 2.31. The Bertz CT molecular complexity index is 514. The molecule has 0 radical (unpaired) electrons. The molecule has 21 heavy (non-hydrogen) atoms. The molecule has 0 aromatic heterocycles. The number of nitrogens with one attached hydrogen (secondary N) is 1. The SMILES string of the molecule is CCC(N)Cc1cc(Br)ccc1OCC(=O)NCCC#N. The topological polar surface area (TPSA) is 88.1 Å². The molecule has 0 bridgehead atoms. The molecule has 0 aliphatic heterocycles. The smallest absolute Gasteiger partial charge is 0.257 e. The quantitative estimate of drug-likeness (QED) is 0.700. The number of carbonyl (C=O) groups excluding carboxylic acids is 1. The molecule has 0 spiro atoms. The average molecular weight is 354 g/mol. The van der Waals surface area contributed by atoms with E-state index in [0.717, 1.165) is 16.5 Å². The van der Waals surface area contributed by atoms with Crippen LogP contribution in [-0.4, -0.2) is 25.1 Å². The Kier molecular flexibility index (Phi) is 7.80. The van der Waals surface area contributed by atoms with Crippen LogP contribution in [0.25, 0.3) is 0 Å². The Labute approximate surface area is 133 Å². The molecule has 114 valence electrons. The lowest BCUT2D eigenvalue weighted by Crippen LogP contribution is -2.29. The first-order chi connectivity index (χ1) is 10.1. The van der Waals surface area contributed by atoms with Gasteiger partial charge in [0.1, 0.15) is 5.75 Å². The van der Waals surface area contributed by atoms with E-state index in [2.05, 4.69) is 21.2 Å². The Hall–Kier alpha value is -1.58. The minimum atomic E-state index is -0.237. The zero-order chi connectivity index (χ0) is 15.7. The van der Waals surface area contributed by atoms with Crippen molar-refractivity contribution < 1.29 is 9.53 Å². The highest BCUT2D eigenvalue weighted by Crippen LogP contribution is 2.24. The first-order valence-electron chi connectivity index (χ1n) is 6.87. The summed E-state index contributed by atoms with van der Waals surface area (Å²) in [6, 6.07) is 7.67. The molecule has 0 aliphatic rings. The van der Waals surface area contributed by atoms with E-state index in [1.165, 1.54) is 0 Å². The van der Waals surface area contributed by atoms with Crippen molar-refractivity contribution >= 4 is 21.8 Å². The number of nitrogens with zero attached hydrogens (tertiary/aromatic N) is 1. The molecule has 0 aliphatic carbocycles. The predicted molar refractivity (Wildman–Crippen MR) is 84.8 cm³/mol. The van der Waals surface area contributed by atoms with Gasteiger partial charge in [0.15, 0.2) is 6.61 Å². The highest BCUT2D eigenvalue weighted by Gasteiger charge is 2.10. The molecule has 1 unspecified atom stereocenters. The largest absolute Gasteiger partial charge is 0.483 e. The summed E-state index contributed by atoms with van der Waals surface area (Å²) in [5.41, 5.74) is 6.96. The molecule has 0 saturated heterocycles. The number of carbonyl (C=O) groups is 1. The molecule has 1 atom stereocenters. The van der Waals surface area contributed by atoms with Crippen LogP contribution in [-0.2, 0) is 11.2 Å². The average Bonchev–Trinajstić information content (AvgIpc) is 2.46. The number of amides is 1. The fourth-order valence-electron chi connectivity index (χ4n) is 1.73. The fourth-order valence-corrected chi connectivity index (χ4v) is 2.14. The van der Waals surface area contributed by atoms with Gasteiger partial charge in [0.25, 0.3) is 5.91 Å². The third kappa shape index (κ3) is 6.61. The number of hydrogen-bond acceptors (Lipinski definition) is 4. The van der Waals surface area contributed by atoms with E-state index in [4.69, 9.17) is 15.7 Å². The van der Waals surface area contributed by atoms with Crippen molar-refractivity contribution in [3.05, 3.63) is 28.2 Å². The minimum Gasteiger partial charge on any atom is -0.483 e. The van der Waals surface area contributed by atoms with Crippen molar-refractivity contribution in [2.45, 2.75) is 32.2 Å². The second kappa shape index (κ2) is 9.37. The van der Waals surface area contributed by atoms with Gasteiger partial charge in [-0.25, -0.2) is 0 Å². The van der Waals surface area contributed by atoms with Crippen LogP contribution in [0.2, 0.25) is 0 Å². The van der Waals surface area contributed by atoms with Crippen molar-refractivity contribution in [3.8, 4) is 11.8 Å². The molecule has 1 rings (SSSR count). The molecular weight excluding hydrogens is 334 g/mol. The lowest BCUT2D eigenvalue weighted by molar-refractivity contribution is -0.123. The fraction of sp³-hybridized carbons (Fsp3) is 0.467. The second-order valence-corrected chi connectivity index (χ2v) is 5.59. The van der Waals surface area contributed by atoms with Crippen molar-refractivity contribution in [1.29, 1.82) is 5.26 Å². The zero-order valence-corrected chi connectivity index (χ0v) is 13.6. The maximum Gasteiger partial charge on any atom is 0.257 e. The minimum absolute atomic E-state index is 0.0612. The molecule has 0 fully saturated rings. The summed E-state index contributed by atoms with van der Waals surface area (Å²) in [7, 11) is 0. The van der Waals surface area contributed by atoms with Crippen molar-refractivity contribution in [3.63, 3.8) is 0 Å². The highest BCUT2D eigenvalue weighted by atomic mass is 79.9. The molecular formula is C15H20BrN3O2. The number of ether oxygens (including phenoxy) is 1. The van der Waals surface area contributed by atoms with E-state index in [9.17, 15) is 4.79 Å². The van der Waals surface area contributed by atoms with E-state index < -0.39 is 0 Å². The van der Waals surface area contributed by atoms with Crippen LogP contribution in [0.1, 0.15) is 25.3 Å². The molecule has 5 nitrogen and oxygen atoms in total. The van der Waals surface area contributed by atoms with Crippen LogP contribution >= 0.6 is 15.9 Å². The first kappa shape index (κ1) is 17.5. The van der Waals surface area contributed by atoms with Crippen LogP contribution < -0.4 is 15.8 Å². The van der Waals surface area contributed by atoms with E-state index in [1.807, 2.05) is 31.2 Å². The van der Waals surface area contributed by atoms with Crippen LogP contribution in [0.5, 0.6) is 5.75 Å². The number of hydrogen-bond donors (Lipinski definition) is 2. The van der Waals surface area contributed by atoms with Gasteiger partial charge in [-0.3, -0.25) is 4.79 Å². The summed E-state index contributed by atoms with van der Waals surface area (Å²) in [5.74, 6) is 0.427. The Morgan fingerprint density at radius 1 is 1.57 bits per heavy atom. The maximum absolute atomic E-state index is 11.6. The molecule has 1 aromatic carbocycles. The van der Waals surface area contributed by atoms with Crippen molar-refractivity contribution in [2.24, 2.45) is 5.73 Å². The number of rotatable bonds is 8. The van der Waals surface area contributed by atoms with E-state index in [-0.39, 0.29) is 18.6 Å². The molecule has 0 heterocycles. The van der Waals surface area contributed by atoms with Crippen LogP contribution in [0, 0.1) is 11.3 Å². The van der Waals surface area contributed by atoms with Crippen LogP contribution in [0.4, 0.5) is 0 Å². The van der Waals surface area contributed by atoms with Gasteiger partial charge in [0.2, 0.25) is 0 Å². The molecule has 6 heteroatoms. The van der Waals surface area contributed by atoms with Gasteiger partial charge in [0.05, 0.1) is 12.5 Å². The van der Waals surface area contributed by atoms with Gasteiger partial charge in [-0.05, 0) is 36.6 Å². The Balaban J connectivity index is 2.61. The van der Waals surface area contributed by atoms with Crippen molar-refractivity contribution in [2.75, 3.05) is 13.2 Å². The number of benzene rings is 1. The third-order valence-corrected chi connectivity index (χ3v) is 3.44. The van der Waals surface area contributed by atoms with Gasteiger partial charge in [-0.15, -0.1) is 0 Å². The number of nitriles is 1. The molecule has 1 aromatic rings. The first-order valence-corrected chi connectivity index (χ1v) is 7.66. The van der Waals surface area contributed by atoms with Crippen LogP contribution in [0.15, 0.2) is 22.7 Å². The zero-order valence-electron chi connectivity index (χ0n) is 12.1. The van der Waals surface area contributed by atoms with Gasteiger partial charge in [-0.1, -0.05) is 22.9 Å². The number of nitrogens with two attached hydrogens (primary N) is 1. The normalized spacial score (nSPS) is 11.5. The lowest BCUT2D eigenvalue weighted by atomic mass is 10.0. The highest BCUT2D eigenvalue weighted by molar-refractivity contribution is 9.10. The summed E-state index contributed by atoms with van der Waals surface area (Å²) in [6.07, 6.45) is 1.86. The van der Waals surface area contributed by atoms with Gasteiger partial charge >= 0.3 is 0 Å². The summed E-state index contributed by atoms with van der Waals surface area (Å²) >= 11 is 3.42. The van der Waals surface area contributed by atoms with Crippen LogP contribution in [0.3, 0.4) is 0 Å².